The van der Waals surface area contributed by atoms with Crippen molar-refractivity contribution in [3.8, 4) is 5.88 Å². The predicted molar refractivity (Wildman–Crippen MR) is 52.3 cm³/mol. The lowest BCUT2D eigenvalue weighted by atomic mass is 10.4. The van der Waals surface area contributed by atoms with Gasteiger partial charge in [0.25, 0.3) is 0 Å². The highest BCUT2D eigenvalue weighted by molar-refractivity contribution is 5.96. The summed E-state index contributed by atoms with van der Waals surface area (Å²) < 4.78 is 4.96. The minimum Gasteiger partial charge on any atom is -0.481 e. The van der Waals surface area contributed by atoms with Gasteiger partial charge in [-0.05, 0) is 12.8 Å². The van der Waals surface area contributed by atoms with Crippen LogP contribution in [0.5, 0.6) is 5.88 Å². The molecule has 0 saturated heterocycles. The van der Waals surface area contributed by atoms with E-state index in [2.05, 4.69) is 15.0 Å². The van der Waals surface area contributed by atoms with Gasteiger partial charge in [-0.3, -0.25) is 4.99 Å². The van der Waals surface area contributed by atoms with Crippen molar-refractivity contribution >= 4 is 5.84 Å². The molecule has 2 N–H and O–H groups in total. The van der Waals surface area contributed by atoms with Crippen molar-refractivity contribution in [3.05, 3.63) is 18.1 Å². The molecule has 1 aliphatic rings. The fourth-order valence-corrected chi connectivity index (χ4v) is 1.06. The fraction of sp³-hybridized carbons (Fsp3) is 0.444. The van der Waals surface area contributed by atoms with Gasteiger partial charge in [0, 0.05) is 6.07 Å². The van der Waals surface area contributed by atoms with Gasteiger partial charge in [-0.1, -0.05) is 0 Å². The molecule has 1 fully saturated rings. The fourth-order valence-electron chi connectivity index (χ4n) is 1.06. The first-order valence-electron chi connectivity index (χ1n) is 4.49. The van der Waals surface area contributed by atoms with Crippen LogP contribution in [-0.2, 0) is 0 Å². The first-order valence-corrected chi connectivity index (χ1v) is 4.49. The van der Waals surface area contributed by atoms with Gasteiger partial charge in [-0.25, -0.2) is 9.97 Å². The minimum absolute atomic E-state index is 0.399. The Morgan fingerprint density at radius 2 is 2.36 bits per heavy atom. The SMILES string of the molecule is COc1cc(C(N)=NC2CC2)ncn1. The van der Waals surface area contributed by atoms with Crippen LogP contribution in [-0.4, -0.2) is 29.0 Å². The van der Waals surface area contributed by atoms with Crippen LogP contribution in [0.4, 0.5) is 0 Å². The van der Waals surface area contributed by atoms with E-state index in [9.17, 15) is 0 Å². The largest absolute Gasteiger partial charge is 0.481 e. The summed E-state index contributed by atoms with van der Waals surface area (Å²) in [4.78, 5) is 12.2. The van der Waals surface area contributed by atoms with Crippen LogP contribution >= 0.6 is 0 Å². The maximum absolute atomic E-state index is 5.76. The van der Waals surface area contributed by atoms with Gasteiger partial charge in [-0.15, -0.1) is 0 Å². The van der Waals surface area contributed by atoms with E-state index in [1.807, 2.05) is 0 Å². The van der Waals surface area contributed by atoms with Gasteiger partial charge in [-0.2, -0.15) is 0 Å². The Kier molecular flexibility index (Phi) is 2.30. The molecule has 0 bridgehead atoms. The maximum Gasteiger partial charge on any atom is 0.216 e. The van der Waals surface area contributed by atoms with Gasteiger partial charge in [0.15, 0.2) is 0 Å². The molecule has 0 aromatic carbocycles. The van der Waals surface area contributed by atoms with E-state index >= 15 is 0 Å². The molecule has 0 amide bonds. The molecule has 5 nitrogen and oxygen atoms in total. The van der Waals surface area contributed by atoms with E-state index in [-0.39, 0.29) is 0 Å². The standard InChI is InChI=1S/C9H12N4O/c1-14-8-4-7(11-5-12-8)9(10)13-6-2-3-6/h4-6H,2-3H2,1H3,(H2,10,13). The summed E-state index contributed by atoms with van der Waals surface area (Å²) in [7, 11) is 1.56. The molecule has 0 atom stereocenters. The Balaban J connectivity index is 2.21. The lowest BCUT2D eigenvalue weighted by molar-refractivity contribution is 0.396. The zero-order valence-corrected chi connectivity index (χ0v) is 7.97. The van der Waals surface area contributed by atoms with E-state index < -0.39 is 0 Å². The van der Waals surface area contributed by atoms with Crippen LogP contribution in [0.2, 0.25) is 0 Å². The summed E-state index contributed by atoms with van der Waals surface area (Å²) in [5, 5.41) is 0. The number of hydrogen-bond acceptors (Lipinski definition) is 4. The van der Waals surface area contributed by atoms with Crippen molar-refractivity contribution in [3.63, 3.8) is 0 Å². The van der Waals surface area contributed by atoms with Crippen LogP contribution < -0.4 is 10.5 Å². The van der Waals surface area contributed by atoms with Crippen molar-refractivity contribution in [1.29, 1.82) is 0 Å². The smallest absolute Gasteiger partial charge is 0.216 e. The van der Waals surface area contributed by atoms with E-state index in [4.69, 9.17) is 10.5 Å². The van der Waals surface area contributed by atoms with Gasteiger partial charge in [0.1, 0.15) is 17.9 Å². The molecule has 74 valence electrons. The van der Waals surface area contributed by atoms with E-state index in [0.717, 1.165) is 12.8 Å². The number of nitrogens with zero attached hydrogens (tertiary/aromatic N) is 3. The monoisotopic (exact) mass is 192 g/mol. The second-order valence-electron chi connectivity index (χ2n) is 3.19. The summed E-state index contributed by atoms with van der Waals surface area (Å²) in [5.74, 6) is 0.970. The molecule has 0 radical (unpaired) electrons. The summed E-state index contributed by atoms with van der Waals surface area (Å²) in [5.41, 5.74) is 6.39. The van der Waals surface area contributed by atoms with Crippen molar-refractivity contribution in [2.75, 3.05) is 7.11 Å². The molecule has 1 heterocycles. The number of nitrogens with two attached hydrogens (primary N) is 1. The first-order chi connectivity index (χ1) is 6.79. The van der Waals surface area contributed by atoms with Crippen LogP contribution in [0.3, 0.4) is 0 Å². The predicted octanol–water partition coefficient (Wildman–Crippen LogP) is 0.353. The molecule has 0 unspecified atom stereocenters. The zero-order valence-electron chi connectivity index (χ0n) is 7.97. The lowest BCUT2D eigenvalue weighted by Crippen LogP contribution is -2.16. The number of hydrogen-bond donors (Lipinski definition) is 1. The third-order valence-electron chi connectivity index (χ3n) is 1.98. The topological polar surface area (TPSA) is 73.4 Å². The van der Waals surface area contributed by atoms with Crippen molar-refractivity contribution in [2.24, 2.45) is 10.7 Å². The molecule has 1 aromatic rings. The molecule has 5 heteroatoms. The van der Waals surface area contributed by atoms with Crippen LogP contribution in [0.25, 0.3) is 0 Å². The van der Waals surface area contributed by atoms with Gasteiger partial charge in [0.05, 0.1) is 13.2 Å². The van der Waals surface area contributed by atoms with Crippen molar-refractivity contribution < 1.29 is 4.74 Å². The van der Waals surface area contributed by atoms with Gasteiger partial charge in [0.2, 0.25) is 5.88 Å². The summed E-state index contributed by atoms with van der Waals surface area (Å²) in [6, 6.07) is 2.08. The van der Waals surface area contributed by atoms with Crippen molar-refractivity contribution in [2.45, 2.75) is 18.9 Å². The highest BCUT2D eigenvalue weighted by Crippen LogP contribution is 2.23. The molecule has 1 aromatic heterocycles. The number of ether oxygens (including phenoxy) is 1. The zero-order chi connectivity index (χ0) is 9.97. The normalized spacial score (nSPS) is 16.8. The first kappa shape index (κ1) is 8.93. The van der Waals surface area contributed by atoms with Crippen LogP contribution in [0, 0.1) is 0 Å². The molecular weight excluding hydrogens is 180 g/mol. The highest BCUT2D eigenvalue weighted by Gasteiger charge is 2.21. The van der Waals surface area contributed by atoms with E-state index in [1.165, 1.54) is 6.33 Å². The molecule has 14 heavy (non-hydrogen) atoms. The Morgan fingerprint density at radius 1 is 1.57 bits per heavy atom. The molecule has 0 spiro atoms. The van der Waals surface area contributed by atoms with Gasteiger partial charge < -0.3 is 10.5 Å². The molecule has 1 saturated carbocycles. The number of rotatable bonds is 3. The molecule has 0 aliphatic heterocycles. The third kappa shape index (κ3) is 1.99. The van der Waals surface area contributed by atoms with Crippen molar-refractivity contribution in [1.82, 2.24) is 9.97 Å². The number of methoxy groups -OCH3 is 1. The Bertz CT molecular complexity index is 360. The van der Waals surface area contributed by atoms with Crippen LogP contribution in [0.15, 0.2) is 17.4 Å². The van der Waals surface area contributed by atoms with Crippen LogP contribution in [0.1, 0.15) is 18.5 Å². The average Bonchev–Trinajstić information content (AvgIpc) is 3.02. The quantitative estimate of drug-likeness (QED) is 0.554. The van der Waals surface area contributed by atoms with E-state index in [0.29, 0.717) is 23.5 Å². The third-order valence-corrected chi connectivity index (χ3v) is 1.98. The Labute approximate surface area is 82.0 Å². The summed E-state index contributed by atoms with van der Waals surface area (Å²) >= 11 is 0. The number of amidine groups is 1. The Morgan fingerprint density at radius 3 is 3.00 bits per heavy atom. The number of aliphatic imine (C=N–C) groups is 1. The second-order valence-corrected chi connectivity index (χ2v) is 3.19. The lowest BCUT2D eigenvalue weighted by Gasteiger charge is -2.01. The molecular formula is C9H12N4O. The average molecular weight is 192 g/mol. The highest BCUT2D eigenvalue weighted by atomic mass is 16.5. The second kappa shape index (κ2) is 3.61. The minimum atomic E-state index is 0.399. The maximum atomic E-state index is 5.76. The van der Waals surface area contributed by atoms with E-state index in [1.54, 1.807) is 13.2 Å². The van der Waals surface area contributed by atoms with Gasteiger partial charge >= 0.3 is 0 Å². The summed E-state index contributed by atoms with van der Waals surface area (Å²) in [6.45, 7) is 0. The summed E-state index contributed by atoms with van der Waals surface area (Å²) in [6.07, 6.45) is 3.68. The molecule has 1 aliphatic carbocycles. The molecule has 2 rings (SSSR count). The number of aromatic nitrogens is 2. The Hall–Kier alpha value is -1.65.